The van der Waals surface area contributed by atoms with Crippen LogP contribution in [0.5, 0.6) is 5.75 Å². The van der Waals surface area contributed by atoms with Gasteiger partial charge >= 0.3 is 0 Å². The van der Waals surface area contributed by atoms with Crippen LogP contribution in [0.4, 0.5) is 5.13 Å². The van der Waals surface area contributed by atoms with E-state index in [9.17, 15) is 4.79 Å². The Hall–Kier alpha value is -3.44. The number of thiazole rings is 1. The third kappa shape index (κ3) is 3.41. The van der Waals surface area contributed by atoms with Crippen molar-refractivity contribution in [3.05, 3.63) is 101 Å². The van der Waals surface area contributed by atoms with E-state index >= 15 is 0 Å². The van der Waals surface area contributed by atoms with Crippen molar-refractivity contribution in [1.29, 1.82) is 0 Å². The van der Waals surface area contributed by atoms with Crippen molar-refractivity contribution >= 4 is 22.4 Å². The van der Waals surface area contributed by atoms with Gasteiger partial charge in [0.1, 0.15) is 12.4 Å². The summed E-state index contributed by atoms with van der Waals surface area (Å²) in [7, 11) is 0. The number of hydrogen-bond acceptors (Lipinski definition) is 4. The molecule has 0 atom stereocenters. The summed E-state index contributed by atoms with van der Waals surface area (Å²) in [5.41, 5.74) is 3.76. The van der Waals surface area contributed by atoms with E-state index in [0.717, 1.165) is 33.0 Å². The topological polar surface area (TPSA) is 51.2 Å². The second kappa shape index (κ2) is 7.53. The summed E-state index contributed by atoms with van der Waals surface area (Å²) in [6.45, 7) is 0.473. The molecule has 1 aromatic heterocycles. The number of carbonyl (C=O) groups is 1. The van der Waals surface area contributed by atoms with Crippen LogP contribution in [0, 0.1) is 0 Å². The molecule has 0 unspecified atom stereocenters. The molecule has 0 aliphatic carbocycles. The Labute approximate surface area is 172 Å². The number of anilines is 1. The second-order valence-electron chi connectivity index (χ2n) is 6.82. The molecular formula is C24H18N2O2S. The van der Waals surface area contributed by atoms with E-state index in [1.165, 1.54) is 11.3 Å². The van der Waals surface area contributed by atoms with E-state index in [-0.39, 0.29) is 5.91 Å². The van der Waals surface area contributed by atoms with Gasteiger partial charge in [-0.15, -0.1) is 0 Å². The number of nitrogens with one attached hydrogen (secondary N) is 1. The minimum absolute atomic E-state index is 0.0947. The zero-order valence-corrected chi connectivity index (χ0v) is 16.4. The smallest absolute Gasteiger partial charge is 0.238 e. The molecule has 0 spiro atoms. The molecule has 29 heavy (non-hydrogen) atoms. The molecule has 2 heterocycles. The van der Waals surface area contributed by atoms with Crippen molar-refractivity contribution in [3.8, 4) is 17.0 Å². The molecule has 1 aliphatic rings. The van der Waals surface area contributed by atoms with Crippen molar-refractivity contribution in [3.63, 3.8) is 0 Å². The lowest BCUT2D eigenvalue weighted by Gasteiger charge is -2.17. The molecular weight excluding hydrogens is 380 g/mol. The Morgan fingerprint density at radius 2 is 1.52 bits per heavy atom. The minimum Gasteiger partial charge on any atom is -0.487 e. The first-order valence-electron chi connectivity index (χ1n) is 9.42. The maximum Gasteiger partial charge on any atom is 0.238 e. The summed E-state index contributed by atoms with van der Waals surface area (Å²) >= 11 is 1.47. The second-order valence-corrected chi connectivity index (χ2v) is 7.90. The molecule has 0 radical (unpaired) electrons. The van der Waals surface area contributed by atoms with Crippen LogP contribution in [0.2, 0.25) is 0 Å². The molecule has 5 rings (SSSR count). The van der Waals surface area contributed by atoms with Crippen LogP contribution in [-0.2, 0) is 11.4 Å². The van der Waals surface area contributed by atoms with E-state index < -0.39 is 5.92 Å². The van der Waals surface area contributed by atoms with Gasteiger partial charge in [-0.2, -0.15) is 0 Å². The van der Waals surface area contributed by atoms with Crippen molar-refractivity contribution in [2.75, 3.05) is 5.32 Å². The number of ether oxygens (including phenoxy) is 1. The molecule has 0 saturated heterocycles. The number of hydrogen-bond donors (Lipinski definition) is 1. The number of para-hydroxylation sites is 1. The largest absolute Gasteiger partial charge is 0.487 e. The first-order valence-corrected chi connectivity index (χ1v) is 10.2. The molecule has 0 fully saturated rings. The van der Waals surface area contributed by atoms with Gasteiger partial charge in [0.05, 0.1) is 16.5 Å². The maximum absolute atomic E-state index is 13.3. The predicted octanol–water partition coefficient (Wildman–Crippen LogP) is 5.47. The van der Waals surface area contributed by atoms with Crippen LogP contribution in [0.1, 0.15) is 21.9 Å². The highest BCUT2D eigenvalue weighted by Crippen LogP contribution is 2.41. The number of rotatable bonds is 4. The van der Waals surface area contributed by atoms with Gasteiger partial charge in [-0.05, 0) is 23.3 Å². The van der Waals surface area contributed by atoms with Crippen molar-refractivity contribution < 1.29 is 9.53 Å². The first kappa shape index (κ1) is 17.6. The molecule has 0 bridgehead atoms. The summed E-state index contributed by atoms with van der Waals surface area (Å²) in [4.78, 5) is 19.0. The number of amides is 1. The van der Waals surface area contributed by atoms with Gasteiger partial charge in [-0.3, -0.25) is 4.79 Å². The number of benzene rings is 3. The lowest BCUT2D eigenvalue weighted by Crippen LogP contribution is -2.22. The van der Waals surface area contributed by atoms with Gasteiger partial charge in [0.2, 0.25) is 5.91 Å². The van der Waals surface area contributed by atoms with Gasteiger partial charge in [0, 0.05) is 5.56 Å². The van der Waals surface area contributed by atoms with Crippen molar-refractivity contribution in [2.45, 2.75) is 12.5 Å². The average molecular weight is 398 g/mol. The predicted molar refractivity (Wildman–Crippen MR) is 115 cm³/mol. The zero-order chi connectivity index (χ0) is 19.6. The van der Waals surface area contributed by atoms with Crippen LogP contribution < -0.4 is 10.1 Å². The number of nitrogens with zero attached hydrogens (tertiary/aromatic N) is 1. The van der Waals surface area contributed by atoms with Gasteiger partial charge < -0.3 is 10.1 Å². The minimum atomic E-state index is -0.401. The molecule has 1 aliphatic heterocycles. The highest BCUT2D eigenvalue weighted by atomic mass is 32.1. The Bertz CT molecular complexity index is 1120. The maximum atomic E-state index is 13.3. The van der Waals surface area contributed by atoms with Crippen LogP contribution in [0.15, 0.2) is 84.9 Å². The standard InChI is InChI=1S/C24H18N2O2S/c27-23(21(16-9-3-1-4-10-16)17-11-5-2-6-12-17)26-24-25-22-18-13-7-8-14-19(18)28-15-20(22)29-24/h1-14,21H,15H2,(H,25,26,27). The lowest BCUT2D eigenvalue weighted by atomic mass is 9.90. The van der Waals surface area contributed by atoms with E-state index in [4.69, 9.17) is 9.72 Å². The summed E-state index contributed by atoms with van der Waals surface area (Å²) < 4.78 is 5.81. The molecule has 142 valence electrons. The third-order valence-corrected chi connectivity index (χ3v) is 5.90. The summed E-state index contributed by atoms with van der Waals surface area (Å²) in [5, 5.41) is 3.63. The molecule has 5 heteroatoms. The third-order valence-electron chi connectivity index (χ3n) is 4.96. The molecule has 1 amide bonds. The van der Waals surface area contributed by atoms with Crippen LogP contribution in [0.25, 0.3) is 11.3 Å². The molecule has 0 saturated carbocycles. The quantitative estimate of drug-likeness (QED) is 0.496. The Kier molecular flexibility index (Phi) is 4.58. The Balaban J connectivity index is 1.47. The number of aromatic nitrogens is 1. The average Bonchev–Trinajstić information content (AvgIpc) is 3.18. The van der Waals surface area contributed by atoms with E-state index in [0.29, 0.717) is 11.7 Å². The van der Waals surface area contributed by atoms with Gasteiger partial charge in [0.15, 0.2) is 5.13 Å². The van der Waals surface area contributed by atoms with E-state index in [2.05, 4.69) is 5.32 Å². The SMILES string of the molecule is O=C(Nc1nc2c(s1)COc1ccccc1-2)C(c1ccccc1)c1ccccc1. The van der Waals surface area contributed by atoms with Crippen LogP contribution >= 0.6 is 11.3 Å². The molecule has 3 aromatic carbocycles. The number of carbonyl (C=O) groups excluding carboxylic acids is 1. The monoisotopic (exact) mass is 398 g/mol. The van der Waals surface area contributed by atoms with Crippen molar-refractivity contribution in [2.24, 2.45) is 0 Å². The highest BCUT2D eigenvalue weighted by molar-refractivity contribution is 7.16. The van der Waals surface area contributed by atoms with Gasteiger partial charge in [-0.1, -0.05) is 84.1 Å². The normalized spacial score (nSPS) is 12.0. The summed E-state index contributed by atoms with van der Waals surface area (Å²) in [5.74, 6) is 0.333. The Morgan fingerprint density at radius 3 is 2.21 bits per heavy atom. The fourth-order valence-corrected chi connectivity index (χ4v) is 4.50. The van der Waals surface area contributed by atoms with Gasteiger partial charge in [-0.25, -0.2) is 4.98 Å². The van der Waals surface area contributed by atoms with E-state index in [1.807, 2.05) is 84.9 Å². The first-order chi connectivity index (χ1) is 14.3. The fourth-order valence-electron chi connectivity index (χ4n) is 3.61. The van der Waals surface area contributed by atoms with Crippen molar-refractivity contribution in [1.82, 2.24) is 4.98 Å². The molecule has 1 N–H and O–H groups in total. The zero-order valence-electron chi connectivity index (χ0n) is 15.5. The highest BCUT2D eigenvalue weighted by Gasteiger charge is 2.26. The summed E-state index contributed by atoms with van der Waals surface area (Å²) in [6.07, 6.45) is 0. The van der Waals surface area contributed by atoms with Crippen LogP contribution in [0.3, 0.4) is 0 Å². The van der Waals surface area contributed by atoms with Crippen LogP contribution in [-0.4, -0.2) is 10.9 Å². The Morgan fingerprint density at radius 1 is 0.897 bits per heavy atom. The van der Waals surface area contributed by atoms with Gasteiger partial charge in [0.25, 0.3) is 0 Å². The number of fused-ring (bicyclic) bond motifs is 3. The molecule has 4 nitrogen and oxygen atoms in total. The lowest BCUT2D eigenvalue weighted by molar-refractivity contribution is -0.116. The fraction of sp³-hybridized carbons (Fsp3) is 0.0833. The van der Waals surface area contributed by atoms with E-state index in [1.54, 1.807) is 0 Å². The molecule has 4 aromatic rings. The summed E-state index contributed by atoms with van der Waals surface area (Å²) in [6, 6.07) is 27.5.